The van der Waals surface area contributed by atoms with E-state index in [-0.39, 0.29) is 0 Å². The van der Waals surface area contributed by atoms with Gasteiger partial charge in [0.1, 0.15) is 11.6 Å². The summed E-state index contributed by atoms with van der Waals surface area (Å²) in [5, 5.41) is 0. The van der Waals surface area contributed by atoms with Gasteiger partial charge in [0.15, 0.2) is 0 Å². The summed E-state index contributed by atoms with van der Waals surface area (Å²) in [6.07, 6.45) is 0. The first-order valence-electron chi connectivity index (χ1n) is 4.33. The molecule has 1 aromatic carbocycles. The monoisotopic (exact) mass is 302 g/mol. The molecule has 0 aliphatic heterocycles. The molecule has 2 rings (SSSR count). The Labute approximate surface area is 103 Å². The first-order valence-corrected chi connectivity index (χ1v) is 5.94. The number of halogens is 3. The van der Waals surface area contributed by atoms with Crippen LogP contribution in [0.4, 0.5) is 8.78 Å². The molecule has 0 saturated carbocycles. The van der Waals surface area contributed by atoms with E-state index in [1.54, 1.807) is 6.07 Å². The molecule has 0 N–H and O–H groups in total. The van der Waals surface area contributed by atoms with Crippen LogP contribution in [0.25, 0.3) is 0 Å². The Balaban J connectivity index is 2.49. The lowest BCUT2D eigenvalue weighted by molar-refractivity contribution is 0.103. The van der Waals surface area contributed by atoms with E-state index in [0.717, 1.165) is 27.3 Å². The molecule has 0 radical (unpaired) electrons. The van der Waals surface area contributed by atoms with Gasteiger partial charge in [0.2, 0.25) is 5.78 Å². The van der Waals surface area contributed by atoms with Crippen LogP contribution in [-0.2, 0) is 0 Å². The molecule has 0 saturated heterocycles. The second kappa shape index (κ2) is 4.43. The van der Waals surface area contributed by atoms with Crippen molar-refractivity contribution in [3.63, 3.8) is 0 Å². The zero-order chi connectivity index (χ0) is 11.7. The third kappa shape index (κ3) is 2.05. The van der Waals surface area contributed by atoms with Gasteiger partial charge in [-0.1, -0.05) is 6.07 Å². The summed E-state index contributed by atoms with van der Waals surface area (Å²) in [5.41, 5.74) is -0.503. The molecule has 0 bridgehead atoms. The fourth-order valence-electron chi connectivity index (χ4n) is 1.27. The molecule has 0 aliphatic carbocycles. The van der Waals surface area contributed by atoms with Gasteiger partial charge in [-0.2, -0.15) is 0 Å². The van der Waals surface area contributed by atoms with Crippen LogP contribution in [0.15, 0.2) is 34.1 Å². The van der Waals surface area contributed by atoms with Crippen molar-refractivity contribution in [2.75, 3.05) is 0 Å². The Morgan fingerprint density at radius 1 is 1.12 bits per heavy atom. The molecule has 5 heteroatoms. The van der Waals surface area contributed by atoms with Crippen molar-refractivity contribution in [3.05, 3.63) is 56.2 Å². The maximum atomic E-state index is 13.3. The number of carbonyl (C=O) groups excluding carboxylic acids is 1. The van der Waals surface area contributed by atoms with Gasteiger partial charge in [0.05, 0.1) is 14.2 Å². The molecule has 0 aliphatic rings. The summed E-state index contributed by atoms with van der Waals surface area (Å²) in [6, 6.07) is 6.56. The number of benzene rings is 1. The quantitative estimate of drug-likeness (QED) is 0.766. The molecular formula is C11H5BrF2OS. The Kier molecular flexibility index (Phi) is 3.16. The smallest absolute Gasteiger partial charge is 0.208 e. The van der Waals surface area contributed by atoms with E-state index < -0.39 is 23.0 Å². The summed E-state index contributed by atoms with van der Waals surface area (Å²) in [5.74, 6) is -2.31. The Hall–Kier alpha value is -1.07. The maximum absolute atomic E-state index is 13.3. The van der Waals surface area contributed by atoms with Gasteiger partial charge < -0.3 is 0 Å². The predicted octanol–water partition coefficient (Wildman–Crippen LogP) is 4.02. The van der Waals surface area contributed by atoms with Crippen LogP contribution in [0.2, 0.25) is 0 Å². The first-order chi connectivity index (χ1) is 7.59. The number of thiophene rings is 1. The van der Waals surface area contributed by atoms with E-state index in [9.17, 15) is 13.6 Å². The van der Waals surface area contributed by atoms with Gasteiger partial charge in [-0.15, -0.1) is 11.3 Å². The summed E-state index contributed by atoms with van der Waals surface area (Å²) < 4.78 is 27.4. The van der Waals surface area contributed by atoms with E-state index >= 15 is 0 Å². The standard InChI is InChI=1S/C11H5BrF2OS/c12-9-5-4-8(16-9)11(15)10-6(13)2-1-3-7(10)14/h1-5H. The van der Waals surface area contributed by atoms with E-state index in [1.807, 2.05) is 0 Å². The third-order valence-electron chi connectivity index (χ3n) is 1.99. The highest BCUT2D eigenvalue weighted by molar-refractivity contribution is 9.11. The van der Waals surface area contributed by atoms with Crippen LogP contribution in [-0.4, -0.2) is 5.78 Å². The zero-order valence-corrected chi connectivity index (χ0v) is 10.2. The van der Waals surface area contributed by atoms with Crippen molar-refractivity contribution in [1.29, 1.82) is 0 Å². The molecule has 0 spiro atoms. The van der Waals surface area contributed by atoms with Crippen molar-refractivity contribution < 1.29 is 13.6 Å². The lowest BCUT2D eigenvalue weighted by atomic mass is 10.1. The molecule has 16 heavy (non-hydrogen) atoms. The lowest BCUT2D eigenvalue weighted by Crippen LogP contribution is -2.05. The molecule has 0 atom stereocenters. The molecular weight excluding hydrogens is 298 g/mol. The van der Waals surface area contributed by atoms with Crippen LogP contribution in [0.5, 0.6) is 0 Å². The maximum Gasteiger partial charge on any atom is 0.208 e. The zero-order valence-electron chi connectivity index (χ0n) is 7.84. The third-order valence-corrected chi connectivity index (χ3v) is 3.61. The van der Waals surface area contributed by atoms with E-state index in [1.165, 1.54) is 12.1 Å². The van der Waals surface area contributed by atoms with Crippen molar-refractivity contribution >= 4 is 33.0 Å². The lowest BCUT2D eigenvalue weighted by Gasteiger charge is -2.01. The normalized spacial score (nSPS) is 10.4. The van der Waals surface area contributed by atoms with Crippen molar-refractivity contribution in [3.8, 4) is 0 Å². The largest absolute Gasteiger partial charge is 0.287 e. The fraction of sp³-hybridized carbons (Fsp3) is 0. The minimum absolute atomic E-state index is 0.302. The minimum atomic E-state index is -0.838. The summed E-state index contributed by atoms with van der Waals surface area (Å²) in [4.78, 5) is 12.1. The van der Waals surface area contributed by atoms with Crippen LogP contribution in [0, 0.1) is 11.6 Å². The molecule has 0 amide bonds. The van der Waals surface area contributed by atoms with Crippen LogP contribution < -0.4 is 0 Å². The number of rotatable bonds is 2. The molecule has 1 nitrogen and oxygen atoms in total. The van der Waals surface area contributed by atoms with Crippen molar-refractivity contribution in [2.24, 2.45) is 0 Å². The Bertz CT molecular complexity index is 530. The van der Waals surface area contributed by atoms with Gasteiger partial charge in [-0.05, 0) is 40.2 Å². The first kappa shape index (κ1) is 11.4. The average molecular weight is 303 g/mol. The molecule has 0 fully saturated rings. The van der Waals surface area contributed by atoms with Crippen LogP contribution >= 0.6 is 27.3 Å². The van der Waals surface area contributed by atoms with E-state index in [4.69, 9.17) is 0 Å². The molecule has 2 aromatic rings. The highest BCUT2D eigenvalue weighted by Crippen LogP contribution is 2.26. The van der Waals surface area contributed by atoms with Gasteiger partial charge in [-0.3, -0.25) is 4.79 Å². The van der Waals surface area contributed by atoms with Crippen LogP contribution in [0.1, 0.15) is 15.2 Å². The molecule has 1 aromatic heterocycles. The average Bonchev–Trinajstić information content (AvgIpc) is 2.64. The Morgan fingerprint density at radius 2 is 1.75 bits per heavy atom. The number of carbonyl (C=O) groups is 1. The number of hydrogen-bond donors (Lipinski definition) is 0. The molecule has 82 valence electrons. The molecule has 0 unspecified atom stereocenters. The predicted molar refractivity (Wildman–Crippen MR) is 61.8 cm³/mol. The number of hydrogen-bond acceptors (Lipinski definition) is 2. The summed E-state index contributed by atoms with van der Waals surface area (Å²) in [7, 11) is 0. The highest BCUT2D eigenvalue weighted by Gasteiger charge is 2.19. The summed E-state index contributed by atoms with van der Waals surface area (Å²) >= 11 is 4.33. The summed E-state index contributed by atoms with van der Waals surface area (Å²) in [6.45, 7) is 0. The SMILES string of the molecule is O=C(c1ccc(Br)s1)c1c(F)cccc1F. The number of ketones is 1. The second-order valence-electron chi connectivity index (χ2n) is 3.03. The van der Waals surface area contributed by atoms with E-state index in [0.29, 0.717) is 4.88 Å². The fourth-order valence-corrected chi connectivity index (χ4v) is 2.61. The highest BCUT2D eigenvalue weighted by atomic mass is 79.9. The van der Waals surface area contributed by atoms with E-state index in [2.05, 4.69) is 15.9 Å². The van der Waals surface area contributed by atoms with Gasteiger partial charge >= 0.3 is 0 Å². The Morgan fingerprint density at radius 3 is 2.25 bits per heavy atom. The van der Waals surface area contributed by atoms with Gasteiger partial charge in [0, 0.05) is 0 Å². The second-order valence-corrected chi connectivity index (χ2v) is 5.49. The topological polar surface area (TPSA) is 17.1 Å². The minimum Gasteiger partial charge on any atom is -0.287 e. The molecule has 1 heterocycles. The van der Waals surface area contributed by atoms with Crippen molar-refractivity contribution in [2.45, 2.75) is 0 Å². The van der Waals surface area contributed by atoms with Crippen molar-refractivity contribution in [1.82, 2.24) is 0 Å². The van der Waals surface area contributed by atoms with Gasteiger partial charge in [0.25, 0.3) is 0 Å². The van der Waals surface area contributed by atoms with Crippen LogP contribution in [0.3, 0.4) is 0 Å². The van der Waals surface area contributed by atoms with Gasteiger partial charge in [-0.25, -0.2) is 8.78 Å².